The molecule has 0 unspecified atom stereocenters. The zero-order valence-electron chi connectivity index (χ0n) is 10.5. The van der Waals surface area contributed by atoms with Crippen LogP contribution in [0.4, 0.5) is 0 Å². The van der Waals surface area contributed by atoms with Crippen molar-refractivity contribution in [1.29, 1.82) is 0 Å². The standard InChI is InChI=1S/C17H14N2/c1-2-8-13(7-1)17-18-15-11-5-6-12-16(15)19(17)14-9-3-4-10-14/h1-14H. The largest absolute Gasteiger partial charge is 0.317 e. The number of hydrogen-bond donors (Lipinski definition) is 0. The number of hydrogen-bond acceptors (Lipinski definition) is 1. The molecule has 0 fully saturated rings. The van der Waals surface area contributed by atoms with Crippen molar-refractivity contribution in [3.05, 3.63) is 78.7 Å². The third-order valence-electron chi connectivity index (χ3n) is 3.70. The molecule has 2 aliphatic rings. The molecule has 0 bridgehead atoms. The molecule has 0 spiro atoms. The Morgan fingerprint density at radius 1 is 0.842 bits per heavy atom. The van der Waals surface area contributed by atoms with Crippen molar-refractivity contribution in [2.45, 2.75) is 12.0 Å². The van der Waals surface area contributed by atoms with Gasteiger partial charge in [0.05, 0.1) is 23.0 Å². The van der Waals surface area contributed by atoms with Crippen LogP contribution in [0.15, 0.2) is 72.9 Å². The zero-order chi connectivity index (χ0) is 12.7. The first-order chi connectivity index (χ1) is 9.43. The summed E-state index contributed by atoms with van der Waals surface area (Å²) in [6, 6.07) is 8.63. The van der Waals surface area contributed by atoms with Crippen LogP contribution < -0.4 is 0 Å². The van der Waals surface area contributed by atoms with E-state index < -0.39 is 0 Å². The molecule has 0 aliphatic heterocycles. The molecule has 4 rings (SSSR count). The fraction of sp³-hybridized carbons (Fsp3) is 0.118. The van der Waals surface area contributed by atoms with E-state index in [9.17, 15) is 0 Å². The normalized spacial score (nSPS) is 18.3. The van der Waals surface area contributed by atoms with Gasteiger partial charge >= 0.3 is 0 Å². The number of allylic oxidation sites excluding steroid dienone is 8. The van der Waals surface area contributed by atoms with Crippen molar-refractivity contribution in [2.24, 2.45) is 0 Å². The summed E-state index contributed by atoms with van der Waals surface area (Å²) in [7, 11) is 0. The maximum absolute atomic E-state index is 4.83. The van der Waals surface area contributed by atoms with E-state index in [1.165, 1.54) is 5.52 Å². The Morgan fingerprint density at radius 3 is 2.32 bits per heavy atom. The predicted molar refractivity (Wildman–Crippen MR) is 78.1 cm³/mol. The first kappa shape index (κ1) is 10.6. The number of rotatable bonds is 2. The first-order valence-electron chi connectivity index (χ1n) is 6.60. The molecule has 0 amide bonds. The lowest BCUT2D eigenvalue weighted by molar-refractivity contribution is 0.692. The SMILES string of the molecule is C1=CC(c2nc3ccccc3n2C2C=CC=C2)C=C1. The van der Waals surface area contributed by atoms with E-state index in [2.05, 4.69) is 71.4 Å². The van der Waals surface area contributed by atoms with Crippen LogP contribution in [-0.2, 0) is 0 Å². The molecule has 1 heterocycles. The van der Waals surface area contributed by atoms with Crippen LogP contribution in [0.2, 0.25) is 0 Å². The van der Waals surface area contributed by atoms with E-state index >= 15 is 0 Å². The number of para-hydroxylation sites is 2. The second kappa shape index (κ2) is 4.09. The van der Waals surface area contributed by atoms with Gasteiger partial charge in [-0.25, -0.2) is 4.98 Å². The summed E-state index contributed by atoms with van der Waals surface area (Å²) >= 11 is 0. The fourth-order valence-corrected chi connectivity index (χ4v) is 2.81. The van der Waals surface area contributed by atoms with E-state index in [0.29, 0.717) is 0 Å². The minimum atomic E-state index is 0.282. The van der Waals surface area contributed by atoms with Crippen molar-refractivity contribution < 1.29 is 0 Å². The van der Waals surface area contributed by atoms with Gasteiger partial charge in [0.15, 0.2) is 0 Å². The Kier molecular flexibility index (Phi) is 2.27. The van der Waals surface area contributed by atoms with Crippen LogP contribution >= 0.6 is 0 Å². The summed E-state index contributed by atoms with van der Waals surface area (Å²) in [5.74, 6) is 1.40. The average molecular weight is 246 g/mol. The molecule has 0 radical (unpaired) electrons. The van der Waals surface area contributed by atoms with Crippen molar-refractivity contribution in [1.82, 2.24) is 9.55 Å². The Hall–Kier alpha value is -2.35. The van der Waals surface area contributed by atoms with Gasteiger partial charge in [-0.2, -0.15) is 0 Å². The summed E-state index contributed by atoms with van der Waals surface area (Å²) in [6.07, 6.45) is 17.2. The Morgan fingerprint density at radius 2 is 1.53 bits per heavy atom. The van der Waals surface area contributed by atoms with Crippen LogP contribution in [0.3, 0.4) is 0 Å². The first-order valence-corrected chi connectivity index (χ1v) is 6.60. The second-order valence-corrected chi connectivity index (χ2v) is 4.88. The van der Waals surface area contributed by atoms with Crippen molar-refractivity contribution in [2.75, 3.05) is 0 Å². The van der Waals surface area contributed by atoms with Crippen molar-refractivity contribution in [3.8, 4) is 0 Å². The molecule has 0 saturated heterocycles. The Balaban J connectivity index is 1.98. The Labute approximate surface area is 112 Å². The lowest BCUT2D eigenvalue weighted by Crippen LogP contribution is -2.09. The van der Waals surface area contributed by atoms with E-state index in [0.717, 1.165) is 11.3 Å². The second-order valence-electron chi connectivity index (χ2n) is 4.88. The molecule has 2 aromatic rings. The Bertz CT molecular complexity index is 720. The zero-order valence-corrected chi connectivity index (χ0v) is 10.5. The van der Waals surface area contributed by atoms with Gasteiger partial charge in [0.2, 0.25) is 0 Å². The third-order valence-corrected chi connectivity index (χ3v) is 3.70. The van der Waals surface area contributed by atoms with E-state index in [1.807, 2.05) is 6.07 Å². The molecule has 0 atom stereocenters. The monoisotopic (exact) mass is 246 g/mol. The minimum absolute atomic E-state index is 0.282. The summed E-state index contributed by atoms with van der Waals surface area (Å²) in [6.45, 7) is 0. The molecule has 2 heteroatoms. The average Bonchev–Trinajstić information content (AvgIpc) is 3.17. The van der Waals surface area contributed by atoms with Gasteiger partial charge in [0, 0.05) is 0 Å². The quantitative estimate of drug-likeness (QED) is 0.785. The number of aromatic nitrogens is 2. The molecule has 2 nitrogen and oxygen atoms in total. The smallest absolute Gasteiger partial charge is 0.121 e. The summed E-state index contributed by atoms with van der Waals surface area (Å²) < 4.78 is 2.33. The summed E-state index contributed by atoms with van der Waals surface area (Å²) in [4.78, 5) is 4.83. The van der Waals surface area contributed by atoms with Crippen molar-refractivity contribution in [3.63, 3.8) is 0 Å². The number of benzene rings is 1. The fourth-order valence-electron chi connectivity index (χ4n) is 2.81. The molecule has 0 saturated carbocycles. The molecule has 1 aromatic heterocycles. The van der Waals surface area contributed by atoms with Crippen molar-refractivity contribution >= 4 is 11.0 Å². The van der Waals surface area contributed by atoms with Gasteiger partial charge in [-0.15, -0.1) is 0 Å². The number of fused-ring (bicyclic) bond motifs is 1. The number of nitrogens with zero attached hydrogens (tertiary/aromatic N) is 2. The summed E-state index contributed by atoms with van der Waals surface area (Å²) in [5, 5.41) is 0. The molecule has 19 heavy (non-hydrogen) atoms. The lowest BCUT2D eigenvalue weighted by Gasteiger charge is -2.15. The lowest BCUT2D eigenvalue weighted by atomic mass is 10.1. The molecule has 1 aromatic carbocycles. The highest BCUT2D eigenvalue weighted by molar-refractivity contribution is 5.77. The van der Waals surface area contributed by atoms with E-state index in [1.54, 1.807) is 0 Å². The topological polar surface area (TPSA) is 17.8 Å². The highest BCUT2D eigenvalue weighted by Gasteiger charge is 2.21. The van der Waals surface area contributed by atoms with E-state index in [4.69, 9.17) is 4.98 Å². The maximum atomic E-state index is 4.83. The van der Waals surface area contributed by atoms with Gasteiger partial charge in [-0.3, -0.25) is 0 Å². The van der Waals surface area contributed by atoms with E-state index in [-0.39, 0.29) is 12.0 Å². The van der Waals surface area contributed by atoms with Gasteiger partial charge in [0.1, 0.15) is 5.82 Å². The molecule has 2 aliphatic carbocycles. The van der Waals surface area contributed by atoms with Gasteiger partial charge in [0.25, 0.3) is 0 Å². The van der Waals surface area contributed by atoms with Crippen LogP contribution in [0.1, 0.15) is 17.8 Å². The molecule has 0 N–H and O–H groups in total. The summed E-state index contributed by atoms with van der Waals surface area (Å²) in [5.41, 5.74) is 2.27. The minimum Gasteiger partial charge on any atom is -0.317 e. The van der Waals surface area contributed by atoms with Gasteiger partial charge in [-0.05, 0) is 12.1 Å². The third kappa shape index (κ3) is 1.60. The predicted octanol–water partition coefficient (Wildman–Crippen LogP) is 3.91. The molecule has 92 valence electrons. The van der Waals surface area contributed by atoms with Gasteiger partial charge in [-0.1, -0.05) is 60.7 Å². The molecular formula is C17H14N2. The highest BCUT2D eigenvalue weighted by atomic mass is 15.1. The molecular weight excluding hydrogens is 232 g/mol. The van der Waals surface area contributed by atoms with Crippen LogP contribution in [0.5, 0.6) is 0 Å². The highest BCUT2D eigenvalue weighted by Crippen LogP contribution is 2.31. The van der Waals surface area contributed by atoms with Crippen LogP contribution in [-0.4, -0.2) is 9.55 Å². The van der Waals surface area contributed by atoms with Crippen LogP contribution in [0.25, 0.3) is 11.0 Å². The van der Waals surface area contributed by atoms with Crippen LogP contribution in [0, 0.1) is 0 Å². The van der Waals surface area contributed by atoms with Gasteiger partial charge < -0.3 is 4.57 Å². The number of imidazole rings is 1. The maximum Gasteiger partial charge on any atom is 0.121 e.